The lowest BCUT2D eigenvalue weighted by molar-refractivity contribution is -0.180. The number of imide groups is 1. The van der Waals surface area contributed by atoms with E-state index in [-0.39, 0.29) is 43.8 Å². The van der Waals surface area contributed by atoms with Gasteiger partial charge in [0.25, 0.3) is 23.6 Å². The Hall–Kier alpha value is -4.72. The molecule has 0 bridgehead atoms. The molecule has 2 aliphatic rings. The fraction of sp³-hybridized carbons (Fsp3) is 0.644. The van der Waals surface area contributed by atoms with Gasteiger partial charge in [0, 0.05) is 54.9 Å². The van der Waals surface area contributed by atoms with Gasteiger partial charge < -0.3 is 63.7 Å². The van der Waals surface area contributed by atoms with Crippen molar-refractivity contribution in [3.8, 4) is 0 Å². The van der Waals surface area contributed by atoms with Crippen LogP contribution < -0.4 is 16.4 Å². The number of nitrogens with zero attached hydrogens (tertiary/aromatic N) is 3. The fourth-order valence-corrected chi connectivity index (χ4v) is 5.88. The molecule has 0 fully saturated rings. The number of rotatable bonds is 41. The summed E-state index contributed by atoms with van der Waals surface area (Å²) >= 11 is 0. The summed E-state index contributed by atoms with van der Waals surface area (Å²) in [6.45, 7) is 13.1. The lowest BCUT2D eigenvalue weighted by atomic mass is 10.0. The Bertz CT molecular complexity index is 1690. The van der Waals surface area contributed by atoms with Gasteiger partial charge in [-0.3, -0.25) is 33.7 Å². The molecule has 0 unspecified atom stereocenters. The molecule has 3 rings (SSSR count). The highest BCUT2D eigenvalue weighted by molar-refractivity contribution is 6.14. The third-order valence-corrected chi connectivity index (χ3v) is 9.12. The summed E-state index contributed by atoms with van der Waals surface area (Å²) in [5, 5.41) is 6.77. The molecule has 1 aromatic carbocycles. The number of fused-ring (bicyclic) bond motifs is 1. The number of amides is 5. The van der Waals surface area contributed by atoms with Gasteiger partial charge in [-0.1, -0.05) is 13.0 Å². The molecule has 0 aromatic heterocycles. The molecule has 0 aliphatic carbocycles. The number of carbonyl (C=O) groups is 5. The first-order valence-electron chi connectivity index (χ1n) is 22.7. The lowest BCUT2D eigenvalue weighted by Gasteiger charge is -2.21. The van der Waals surface area contributed by atoms with Crippen molar-refractivity contribution in [3.05, 3.63) is 47.1 Å². The van der Waals surface area contributed by atoms with E-state index in [0.29, 0.717) is 168 Å². The number of aliphatic imine (C=N–C) groups is 1. The van der Waals surface area contributed by atoms with E-state index in [4.69, 9.17) is 57.9 Å². The molecular weight excluding hydrogens is 881 g/mol. The Morgan fingerprint density at radius 2 is 1.07 bits per heavy atom. The molecule has 67 heavy (non-hydrogen) atoms. The van der Waals surface area contributed by atoms with Gasteiger partial charge in [-0.05, 0) is 31.6 Å². The summed E-state index contributed by atoms with van der Waals surface area (Å²) in [5.41, 5.74) is 8.22. The van der Waals surface area contributed by atoms with Crippen LogP contribution >= 0.6 is 0 Å². The van der Waals surface area contributed by atoms with Gasteiger partial charge >= 0.3 is 0 Å². The van der Waals surface area contributed by atoms with Crippen molar-refractivity contribution in [2.45, 2.75) is 26.7 Å². The van der Waals surface area contributed by atoms with Crippen molar-refractivity contribution in [1.82, 2.24) is 20.6 Å². The van der Waals surface area contributed by atoms with Crippen LogP contribution in [-0.4, -0.2) is 210 Å². The van der Waals surface area contributed by atoms with Gasteiger partial charge in [0.05, 0.1) is 144 Å². The molecule has 2 aliphatic heterocycles. The van der Waals surface area contributed by atoms with Gasteiger partial charge in [0.1, 0.15) is 12.4 Å². The van der Waals surface area contributed by atoms with Gasteiger partial charge in [0.15, 0.2) is 0 Å². The lowest BCUT2D eigenvalue weighted by Crippen LogP contribution is -2.41. The summed E-state index contributed by atoms with van der Waals surface area (Å²) in [4.78, 5) is 71.4. The van der Waals surface area contributed by atoms with Crippen LogP contribution in [0, 0.1) is 0 Å². The highest BCUT2D eigenvalue weighted by Gasteiger charge is 2.25. The Labute approximate surface area is 392 Å². The highest BCUT2D eigenvalue weighted by Crippen LogP contribution is 2.28. The molecule has 22 nitrogen and oxygen atoms in total. The number of benzene rings is 1. The Balaban J connectivity index is 0.998. The summed E-state index contributed by atoms with van der Waals surface area (Å²) in [7, 11) is 0. The third-order valence-electron chi connectivity index (χ3n) is 9.12. The zero-order valence-electron chi connectivity index (χ0n) is 39.0. The summed E-state index contributed by atoms with van der Waals surface area (Å²) in [6, 6.07) is 5.09. The molecule has 1 aromatic rings. The number of amidine groups is 1. The molecule has 0 atom stereocenters. The minimum atomic E-state index is -0.499. The van der Waals surface area contributed by atoms with E-state index >= 15 is 0 Å². The number of hydrogen-bond donors (Lipinski definition) is 3. The molecular formula is C45H70N6O16. The average Bonchev–Trinajstić information content (AvgIpc) is 3.52. The number of carbonyl (C=O) groups excluding carboxylic acids is 5. The van der Waals surface area contributed by atoms with Crippen LogP contribution in [0.15, 0.2) is 40.9 Å². The van der Waals surface area contributed by atoms with Crippen LogP contribution in [0.2, 0.25) is 0 Å². The normalized spacial score (nSPS) is 13.4. The predicted molar refractivity (Wildman–Crippen MR) is 243 cm³/mol. The molecule has 0 radical (unpaired) electrons. The smallest absolute Gasteiger partial charge is 0.273 e. The third kappa shape index (κ3) is 25.3. The Morgan fingerprint density at radius 3 is 1.51 bits per heavy atom. The molecule has 22 heteroatoms. The first-order chi connectivity index (χ1) is 32.7. The van der Waals surface area contributed by atoms with Gasteiger partial charge in [-0.2, -0.15) is 0 Å². The molecule has 5 amide bonds. The maximum absolute atomic E-state index is 13.1. The second kappa shape index (κ2) is 36.3. The number of nitrogens with two attached hydrogens (primary N) is 1. The number of hydrogen-bond acceptors (Lipinski definition) is 18. The standard InChI is InChI=1S/C45H70N6O16/c1-3-11-51(67-4-2)45(56)38-32-36-5-6-37(33-39(36)49-40(46)34-38)44(55)48-10-13-58-15-17-60-19-21-62-23-25-64-27-29-66-31-30-65-28-26-63-24-22-61-20-18-59-16-14-57-12-9-47-41(52)35-50-42(53)7-8-43(50)54/h5-8,32-33H,3-4,9-31,34-35H2,1-2H3,(H2,46,49)(H,47,52)(H,48,55). The van der Waals surface area contributed by atoms with Crippen LogP contribution in [0.25, 0.3) is 6.08 Å². The maximum Gasteiger partial charge on any atom is 0.273 e. The first-order valence-corrected chi connectivity index (χ1v) is 22.7. The topological polar surface area (TPSA) is 256 Å². The van der Waals surface area contributed by atoms with E-state index in [2.05, 4.69) is 15.6 Å². The van der Waals surface area contributed by atoms with Crippen molar-refractivity contribution in [3.63, 3.8) is 0 Å². The molecule has 376 valence electrons. The molecule has 0 spiro atoms. The minimum absolute atomic E-state index is 0.176. The second-order valence-electron chi connectivity index (χ2n) is 14.4. The van der Waals surface area contributed by atoms with Crippen molar-refractivity contribution in [2.75, 3.05) is 165 Å². The summed E-state index contributed by atoms with van der Waals surface area (Å²) < 4.78 is 54.8. The van der Waals surface area contributed by atoms with Gasteiger partial charge in [0.2, 0.25) is 5.91 Å². The first kappa shape index (κ1) is 56.6. The zero-order chi connectivity index (χ0) is 48.2. The van der Waals surface area contributed by atoms with Crippen molar-refractivity contribution in [2.24, 2.45) is 10.7 Å². The van der Waals surface area contributed by atoms with E-state index in [1.807, 2.05) is 13.8 Å². The van der Waals surface area contributed by atoms with E-state index in [1.54, 1.807) is 24.3 Å². The van der Waals surface area contributed by atoms with Crippen molar-refractivity contribution in [1.29, 1.82) is 0 Å². The quantitative estimate of drug-likeness (QED) is 0.0461. The summed E-state index contributed by atoms with van der Waals surface area (Å²) in [5.74, 6) is -1.69. The monoisotopic (exact) mass is 950 g/mol. The Kier molecular flexibility index (Phi) is 30.7. The minimum Gasteiger partial charge on any atom is -0.387 e. The van der Waals surface area contributed by atoms with Gasteiger partial charge in [-0.25, -0.2) is 10.1 Å². The second-order valence-corrected chi connectivity index (χ2v) is 14.4. The van der Waals surface area contributed by atoms with E-state index in [1.165, 1.54) is 5.06 Å². The number of nitrogens with one attached hydrogen (secondary N) is 2. The number of ether oxygens (including phenoxy) is 10. The van der Waals surface area contributed by atoms with Crippen molar-refractivity contribution < 1.29 is 76.2 Å². The highest BCUT2D eigenvalue weighted by atomic mass is 16.7. The number of hydroxylamine groups is 2. The van der Waals surface area contributed by atoms with Crippen LogP contribution in [0.4, 0.5) is 5.69 Å². The van der Waals surface area contributed by atoms with E-state index < -0.39 is 17.7 Å². The Morgan fingerprint density at radius 1 is 0.642 bits per heavy atom. The predicted octanol–water partition coefficient (Wildman–Crippen LogP) is 0.590. The van der Waals surface area contributed by atoms with Gasteiger partial charge in [-0.15, -0.1) is 0 Å². The molecule has 0 saturated carbocycles. The summed E-state index contributed by atoms with van der Waals surface area (Å²) in [6.07, 6.45) is 4.93. The average molecular weight is 951 g/mol. The van der Waals surface area contributed by atoms with E-state index in [9.17, 15) is 24.0 Å². The van der Waals surface area contributed by atoms with Crippen molar-refractivity contribution >= 4 is 47.1 Å². The fourth-order valence-electron chi connectivity index (χ4n) is 5.88. The SMILES string of the molecule is CCCN(OCC)C(=O)C1=Cc2ccc(C(=O)NCCOCCOCCOCCOCCOCCOCCOCCOCCOCCOCCNC(=O)CN3C(=O)C=CC3=O)cc2N=C(N)C1. The molecule has 2 heterocycles. The largest absolute Gasteiger partial charge is 0.387 e. The zero-order valence-corrected chi connectivity index (χ0v) is 39.0. The maximum atomic E-state index is 13.1. The van der Waals surface area contributed by atoms with Crippen LogP contribution in [-0.2, 0) is 71.4 Å². The molecule has 4 N–H and O–H groups in total. The van der Waals surface area contributed by atoms with E-state index in [0.717, 1.165) is 23.5 Å². The van der Waals surface area contributed by atoms with Crippen LogP contribution in [0.3, 0.4) is 0 Å². The van der Waals surface area contributed by atoms with Crippen LogP contribution in [0.1, 0.15) is 42.6 Å². The van der Waals surface area contributed by atoms with Crippen LogP contribution in [0.5, 0.6) is 0 Å². The molecule has 0 saturated heterocycles.